The summed E-state index contributed by atoms with van der Waals surface area (Å²) >= 11 is 1.51. The van der Waals surface area contributed by atoms with E-state index in [1.165, 1.54) is 24.8 Å². The fraction of sp³-hybridized carbons (Fsp3) is 0.300. The zero-order valence-corrected chi connectivity index (χ0v) is 9.90. The molecule has 2 aromatic rings. The maximum atomic E-state index is 10.8. The molecule has 7 heteroatoms. The van der Waals surface area contributed by atoms with Gasteiger partial charge in [0.05, 0.1) is 11.9 Å². The number of fused-ring (bicyclic) bond motifs is 1. The van der Waals surface area contributed by atoms with E-state index in [4.69, 9.17) is 9.84 Å². The monoisotopic (exact) mass is 253 g/mol. The molecule has 0 saturated heterocycles. The Labute approximate surface area is 101 Å². The molecule has 0 radical (unpaired) electrons. The van der Waals surface area contributed by atoms with Gasteiger partial charge in [0.2, 0.25) is 0 Å². The molecule has 0 bridgehead atoms. The summed E-state index contributed by atoms with van der Waals surface area (Å²) in [6, 6.07) is 1.89. The second kappa shape index (κ2) is 5.07. The Morgan fingerprint density at radius 2 is 2.47 bits per heavy atom. The van der Waals surface area contributed by atoms with Gasteiger partial charge < -0.3 is 15.2 Å². The van der Waals surface area contributed by atoms with E-state index in [0.29, 0.717) is 5.82 Å². The number of methoxy groups -OCH3 is 1. The number of aliphatic carboxylic acids is 1. The molecule has 6 nitrogen and oxygen atoms in total. The minimum Gasteiger partial charge on any atom is -0.479 e. The quantitative estimate of drug-likeness (QED) is 0.833. The van der Waals surface area contributed by atoms with Crippen LogP contribution >= 0.6 is 11.3 Å². The van der Waals surface area contributed by atoms with Gasteiger partial charge in [0, 0.05) is 7.11 Å². The van der Waals surface area contributed by atoms with Crippen molar-refractivity contribution < 1.29 is 14.6 Å². The fourth-order valence-electron chi connectivity index (χ4n) is 1.39. The molecule has 0 saturated carbocycles. The fourth-order valence-corrected chi connectivity index (χ4v) is 2.12. The van der Waals surface area contributed by atoms with Crippen LogP contribution in [0.25, 0.3) is 10.2 Å². The molecule has 2 aromatic heterocycles. The number of nitrogens with zero attached hydrogens (tertiary/aromatic N) is 2. The van der Waals surface area contributed by atoms with Crippen LogP contribution < -0.4 is 5.32 Å². The Morgan fingerprint density at radius 1 is 1.65 bits per heavy atom. The third-order valence-corrected chi connectivity index (χ3v) is 3.10. The molecular weight excluding hydrogens is 242 g/mol. The largest absolute Gasteiger partial charge is 0.479 e. The number of aromatic nitrogens is 2. The van der Waals surface area contributed by atoms with Crippen molar-refractivity contribution in [1.29, 1.82) is 0 Å². The van der Waals surface area contributed by atoms with E-state index in [-0.39, 0.29) is 6.54 Å². The summed E-state index contributed by atoms with van der Waals surface area (Å²) in [5.41, 5.74) is 0. The lowest BCUT2D eigenvalue weighted by Crippen LogP contribution is -2.30. The number of rotatable bonds is 5. The van der Waals surface area contributed by atoms with Crippen LogP contribution in [0.3, 0.4) is 0 Å². The highest BCUT2D eigenvalue weighted by molar-refractivity contribution is 7.16. The van der Waals surface area contributed by atoms with E-state index < -0.39 is 12.1 Å². The lowest BCUT2D eigenvalue weighted by atomic mass is 10.3. The van der Waals surface area contributed by atoms with Crippen molar-refractivity contribution in [3.05, 3.63) is 17.8 Å². The molecule has 0 aromatic carbocycles. The van der Waals surface area contributed by atoms with Gasteiger partial charge in [-0.3, -0.25) is 0 Å². The predicted octanol–water partition coefficient (Wildman–Crippen LogP) is 1.20. The Hall–Kier alpha value is -1.73. The van der Waals surface area contributed by atoms with Crippen molar-refractivity contribution in [2.24, 2.45) is 0 Å². The molecule has 17 heavy (non-hydrogen) atoms. The summed E-state index contributed by atoms with van der Waals surface area (Å²) < 4.78 is 4.82. The van der Waals surface area contributed by atoms with Crippen LogP contribution in [0.2, 0.25) is 0 Å². The summed E-state index contributed by atoms with van der Waals surface area (Å²) in [7, 11) is 1.36. The molecule has 0 aliphatic rings. The van der Waals surface area contributed by atoms with Gasteiger partial charge in [0.15, 0.2) is 6.10 Å². The van der Waals surface area contributed by atoms with E-state index in [1.54, 1.807) is 0 Å². The first kappa shape index (κ1) is 11.7. The molecule has 0 aliphatic carbocycles. The first-order valence-corrected chi connectivity index (χ1v) is 5.78. The second-order valence-corrected chi connectivity index (χ2v) is 4.20. The number of nitrogens with one attached hydrogen (secondary N) is 1. The Kier molecular flexibility index (Phi) is 3.50. The van der Waals surface area contributed by atoms with Crippen molar-refractivity contribution in [3.63, 3.8) is 0 Å². The standard InChI is InChI=1S/C10H11N3O3S/c1-16-7(10(14)15)4-11-8-6-2-3-17-9(6)13-5-12-8/h2-3,5,7H,4H2,1H3,(H,14,15)(H,11,12,13). The number of anilines is 1. The van der Waals surface area contributed by atoms with Crippen molar-refractivity contribution in [3.8, 4) is 0 Å². The molecule has 0 aliphatic heterocycles. The molecule has 2 heterocycles. The topological polar surface area (TPSA) is 84.3 Å². The maximum Gasteiger partial charge on any atom is 0.334 e. The van der Waals surface area contributed by atoms with Gasteiger partial charge in [-0.25, -0.2) is 14.8 Å². The smallest absolute Gasteiger partial charge is 0.334 e. The lowest BCUT2D eigenvalue weighted by molar-refractivity contribution is -0.147. The molecular formula is C10H11N3O3S. The van der Waals surface area contributed by atoms with E-state index in [0.717, 1.165) is 10.2 Å². The van der Waals surface area contributed by atoms with Gasteiger partial charge >= 0.3 is 5.97 Å². The average Bonchev–Trinajstić information content (AvgIpc) is 2.78. The third-order valence-electron chi connectivity index (χ3n) is 2.28. The van der Waals surface area contributed by atoms with Gasteiger partial charge in [0.1, 0.15) is 17.0 Å². The van der Waals surface area contributed by atoms with E-state index in [9.17, 15) is 4.79 Å². The molecule has 2 rings (SSSR count). The first-order valence-electron chi connectivity index (χ1n) is 4.90. The van der Waals surface area contributed by atoms with Crippen LogP contribution in [0.15, 0.2) is 17.8 Å². The molecule has 0 amide bonds. The summed E-state index contributed by atoms with van der Waals surface area (Å²) in [6.07, 6.45) is 0.558. The zero-order valence-electron chi connectivity index (χ0n) is 9.08. The van der Waals surface area contributed by atoms with Crippen LogP contribution in [0.5, 0.6) is 0 Å². The number of carbonyl (C=O) groups is 1. The number of carboxylic acid groups (broad SMARTS) is 1. The summed E-state index contributed by atoms with van der Waals surface area (Å²) in [5, 5.41) is 14.6. The molecule has 0 spiro atoms. The minimum absolute atomic E-state index is 0.161. The van der Waals surface area contributed by atoms with Crippen LogP contribution in [-0.2, 0) is 9.53 Å². The van der Waals surface area contributed by atoms with Crippen molar-refractivity contribution in [1.82, 2.24) is 9.97 Å². The number of thiophene rings is 1. The van der Waals surface area contributed by atoms with Crippen LogP contribution in [0.1, 0.15) is 0 Å². The Morgan fingerprint density at radius 3 is 3.18 bits per heavy atom. The van der Waals surface area contributed by atoms with Crippen LogP contribution in [0.4, 0.5) is 5.82 Å². The molecule has 1 atom stereocenters. The summed E-state index contributed by atoms with van der Waals surface area (Å²) in [6.45, 7) is 0.161. The van der Waals surface area contributed by atoms with Gasteiger partial charge in [0.25, 0.3) is 0 Å². The molecule has 0 fully saturated rings. The Bertz CT molecular complexity index is 528. The van der Waals surface area contributed by atoms with Crippen molar-refractivity contribution >= 4 is 33.3 Å². The molecule has 90 valence electrons. The maximum absolute atomic E-state index is 10.8. The van der Waals surface area contributed by atoms with Gasteiger partial charge in [-0.15, -0.1) is 11.3 Å². The highest BCUT2D eigenvalue weighted by atomic mass is 32.1. The van der Waals surface area contributed by atoms with Crippen LogP contribution in [-0.4, -0.2) is 40.8 Å². The van der Waals surface area contributed by atoms with Crippen molar-refractivity contribution in [2.75, 3.05) is 19.0 Å². The van der Waals surface area contributed by atoms with Crippen LogP contribution in [0, 0.1) is 0 Å². The van der Waals surface area contributed by atoms with E-state index in [2.05, 4.69) is 15.3 Å². The second-order valence-electron chi connectivity index (χ2n) is 3.31. The summed E-state index contributed by atoms with van der Waals surface area (Å²) in [4.78, 5) is 19.8. The number of hydrogen-bond acceptors (Lipinski definition) is 6. The first-order chi connectivity index (χ1) is 8.22. The minimum atomic E-state index is -1.00. The lowest BCUT2D eigenvalue weighted by Gasteiger charge is -2.12. The molecule has 2 N–H and O–H groups in total. The van der Waals surface area contributed by atoms with E-state index in [1.807, 2.05) is 11.4 Å². The SMILES string of the molecule is COC(CNc1ncnc2sccc12)C(=O)O. The average molecular weight is 253 g/mol. The number of ether oxygens (including phenoxy) is 1. The highest BCUT2D eigenvalue weighted by Crippen LogP contribution is 2.23. The van der Waals surface area contributed by atoms with Crippen molar-refractivity contribution in [2.45, 2.75) is 6.10 Å². The summed E-state index contributed by atoms with van der Waals surface area (Å²) in [5.74, 6) is -0.379. The van der Waals surface area contributed by atoms with Gasteiger partial charge in [-0.1, -0.05) is 0 Å². The van der Waals surface area contributed by atoms with E-state index >= 15 is 0 Å². The highest BCUT2D eigenvalue weighted by Gasteiger charge is 2.16. The Balaban J connectivity index is 2.13. The molecule has 1 unspecified atom stereocenters. The zero-order chi connectivity index (χ0) is 12.3. The van der Waals surface area contributed by atoms with Gasteiger partial charge in [-0.05, 0) is 11.4 Å². The number of carboxylic acids is 1. The van der Waals surface area contributed by atoms with Gasteiger partial charge in [-0.2, -0.15) is 0 Å². The normalized spacial score (nSPS) is 12.5. The predicted molar refractivity (Wildman–Crippen MR) is 64.3 cm³/mol. The third kappa shape index (κ3) is 2.51. The number of hydrogen-bond donors (Lipinski definition) is 2.